The predicted molar refractivity (Wildman–Crippen MR) is 112 cm³/mol. The van der Waals surface area contributed by atoms with Gasteiger partial charge in [0.2, 0.25) is 0 Å². The molecule has 1 aromatic carbocycles. The summed E-state index contributed by atoms with van der Waals surface area (Å²) in [7, 11) is 0. The normalized spacial score (nSPS) is 48.8. The molecule has 4 aliphatic carbocycles. The first-order valence-electron chi connectivity index (χ1n) is 11.8. The van der Waals surface area contributed by atoms with Crippen LogP contribution in [0.2, 0.25) is 0 Å². The van der Waals surface area contributed by atoms with E-state index < -0.39 is 0 Å². The number of Topliss-reactive ketones (excluding diaryl/α,β-unsaturated/α-hetero) is 1. The third kappa shape index (κ3) is 2.59. The van der Waals surface area contributed by atoms with E-state index in [1.807, 2.05) is 0 Å². The van der Waals surface area contributed by atoms with Gasteiger partial charge in [-0.1, -0.05) is 37.3 Å². The maximum atomic E-state index is 13.9. The Morgan fingerprint density at radius 3 is 2.50 bits per heavy atom. The Morgan fingerprint density at radius 1 is 1.04 bits per heavy atom. The average Bonchev–Trinajstić information content (AvgIpc) is 2.68. The predicted octanol–water partition coefficient (Wildman–Crippen LogP) is 5.22. The zero-order valence-corrected chi connectivity index (χ0v) is 17.5. The molecule has 7 aliphatic rings. The highest BCUT2D eigenvalue weighted by atomic mass is 16.1. The molecular weight excluding hydrogens is 342 g/mol. The second kappa shape index (κ2) is 5.94. The zero-order valence-electron chi connectivity index (χ0n) is 17.5. The van der Waals surface area contributed by atoms with Gasteiger partial charge in [0.1, 0.15) is 5.78 Å². The Kier molecular flexibility index (Phi) is 3.75. The lowest BCUT2D eigenvalue weighted by Gasteiger charge is -2.66. The molecule has 0 aromatic heterocycles. The van der Waals surface area contributed by atoms with E-state index in [1.54, 1.807) is 0 Å². The Hall–Kier alpha value is -1.15. The van der Waals surface area contributed by atoms with Gasteiger partial charge in [-0.15, -0.1) is 0 Å². The molecule has 0 radical (unpaired) electrons. The molecule has 0 spiro atoms. The van der Waals surface area contributed by atoms with E-state index in [1.165, 1.54) is 70.1 Å². The minimum atomic E-state index is -0.0178. The van der Waals surface area contributed by atoms with E-state index in [-0.39, 0.29) is 10.8 Å². The van der Waals surface area contributed by atoms with E-state index in [9.17, 15) is 4.79 Å². The van der Waals surface area contributed by atoms with Crippen molar-refractivity contribution in [1.29, 1.82) is 0 Å². The van der Waals surface area contributed by atoms with Gasteiger partial charge in [-0.05, 0) is 98.6 Å². The molecule has 3 saturated heterocycles. The van der Waals surface area contributed by atoms with E-state index >= 15 is 0 Å². The fourth-order valence-electron chi connectivity index (χ4n) is 9.12. The number of piperidine rings is 3. The van der Waals surface area contributed by atoms with E-state index in [0.717, 1.165) is 24.7 Å². The summed E-state index contributed by atoms with van der Waals surface area (Å²) >= 11 is 0. The summed E-state index contributed by atoms with van der Waals surface area (Å²) in [6, 6.07) is 11.3. The minimum Gasteiger partial charge on any atom is -0.303 e. The van der Waals surface area contributed by atoms with Crippen LogP contribution in [-0.2, 0) is 10.2 Å². The van der Waals surface area contributed by atoms with Crippen LogP contribution in [0.4, 0.5) is 0 Å². The lowest BCUT2D eigenvalue weighted by atomic mass is 9.38. The lowest BCUT2D eigenvalue weighted by Crippen LogP contribution is -2.60. The summed E-state index contributed by atoms with van der Waals surface area (Å²) in [5, 5.41) is 0. The quantitative estimate of drug-likeness (QED) is 0.717. The van der Waals surface area contributed by atoms with Crippen molar-refractivity contribution >= 4 is 5.78 Å². The third-order valence-corrected chi connectivity index (χ3v) is 9.56. The molecule has 1 aromatic rings. The van der Waals surface area contributed by atoms with Gasteiger partial charge in [-0.2, -0.15) is 0 Å². The number of carbonyl (C=O) groups is 1. The van der Waals surface area contributed by atoms with Crippen LogP contribution >= 0.6 is 0 Å². The summed E-state index contributed by atoms with van der Waals surface area (Å²) in [6.07, 6.45) is 11.0. The molecule has 4 saturated carbocycles. The summed E-state index contributed by atoms with van der Waals surface area (Å²) in [6.45, 7) is 6.25. The number of hydrogen-bond acceptors (Lipinski definition) is 2. The van der Waals surface area contributed by atoms with E-state index in [0.29, 0.717) is 17.1 Å². The highest BCUT2D eigenvalue weighted by Gasteiger charge is 2.64. The van der Waals surface area contributed by atoms with Gasteiger partial charge in [-0.3, -0.25) is 4.79 Å². The lowest BCUT2D eigenvalue weighted by molar-refractivity contribution is -0.160. The maximum absolute atomic E-state index is 13.9. The monoisotopic (exact) mass is 377 g/mol. The summed E-state index contributed by atoms with van der Waals surface area (Å²) in [4.78, 5) is 16.6. The van der Waals surface area contributed by atoms with Gasteiger partial charge in [0.25, 0.3) is 0 Å². The van der Waals surface area contributed by atoms with E-state index in [2.05, 4.69) is 42.2 Å². The maximum Gasteiger partial charge on any atom is 0.139 e. The second-order valence-electron chi connectivity index (χ2n) is 11.8. The molecular formula is C26H35NO. The highest BCUT2D eigenvalue weighted by Crippen LogP contribution is 2.70. The number of rotatable bonds is 4. The molecule has 6 bridgehead atoms. The van der Waals surface area contributed by atoms with Gasteiger partial charge in [-0.25, -0.2) is 0 Å². The van der Waals surface area contributed by atoms with Crippen molar-refractivity contribution in [2.24, 2.45) is 28.6 Å². The van der Waals surface area contributed by atoms with Crippen molar-refractivity contribution in [3.05, 3.63) is 35.9 Å². The topological polar surface area (TPSA) is 20.3 Å². The Bertz CT molecular complexity index is 781. The number of hydrogen-bond donors (Lipinski definition) is 0. The number of fused-ring (bicyclic) bond motifs is 3. The standard InChI is InChI=1S/C26H35NO/c1-24-12-19-13-25(16-24,22-5-3-2-4-6-22)18-26(14-19,17-24)23(28)11-21-15-27-9-7-20(21)8-10-27/h2-6,19-21H,7-18H2,1H3/t19?,21-,24-,25-,26?/m0/s1. The van der Waals surface area contributed by atoms with Crippen molar-refractivity contribution < 1.29 is 4.79 Å². The van der Waals surface area contributed by atoms with Crippen LogP contribution in [0.1, 0.15) is 70.3 Å². The first-order valence-corrected chi connectivity index (χ1v) is 11.8. The summed E-state index contributed by atoms with van der Waals surface area (Å²) < 4.78 is 0. The molecule has 150 valence electrons. The van der Waals surface area contributed by atoms with Crippen LogP contribution in [0.5, 0.6) is 0 Å². The van der Waals surface area contributed by atoms with Gasteiger partial charge in [0.15, 0.2) is 0 Å². The molecule has 0 amide bonds. The Labute approximate surface area is 170 Å². The molecule has 7 fully saturated rings. The molecule has 3 aliphatic heterocycles. The number of carbonyl (C=O) groups excluding carboxylic acids is 1. The van der Waals surface area contributed by atoms with Crippen LogP contribution in [0.3, 0.4) is 0 Å². The van der Waals surface area contributed by atoms with Crippen LogP contribution < -0.4 is 0 Å². The van der Waals surface area contributed by atoms with Crippen molar-refractivity contribution in [3.63, 3.8) is 0 Å². The average molecular weight is 378 g/mol. The summed E-state index contributed by atoms with van der Waals surface area (Å²) in [5.41, 5.74) is 2.14. The fraction of sp³-hybridized carbons (Fsp3) is 0.731. The van der Waals surface area contributed by atoms with Gasteiger partial charge < -0.3 is 4.90 Å². The SMILES string of the molecule is C[C@@]12CC3CC(C(=O)C[C@H]4CN5CCC4CC5)(C1)C[C@](c1ccccc1)(C3)C2. The number of benzene rings is 1. The van der Waals surface area contributed by atoms with Crippen LogP contribution in [0, 0.1) is 28.6 Å². The highest BCUT2D eigenvalue weighted by molar-refractivity contribution is 5.86. The van der Waals surface area contributed by atoms with Crippen LogP contribution in [0.15, 0.2) is 30.3 Å². The second-order valence-corrected chi connectivity index (χ2v) is 11.8. The van der Waals surface area contributed by atoms with E-state index in [4.69, 9.17) is 0 Å². The van der Waals surface area contributed by atoms with Crippen molar-refractivity contribution in [3.8, 4) is 0 Å². The van der Waals surface area contributed by atoms with Crippen molar-refractivity contribution in [1.82, 2.24) is 4.90 Å². The largest absolute Gasteiger partial charge is 0.303 e. The van der Waals surface area contributed by atoms with Gasteiger partial charge >= 0.3 is 0 Å². The fourth-order valence-corrected chi connectivity index (χ4v) is 9.12. The van der Waals surface area contributed by atoms with Gasteiger partial charge in [0.05, 0.1) is 0 Å². The summed E-state index contributed by atoms with van der Waals surface area (Å²) in [5.74, 6) is 2.88. The first kappa shape index (κ1) is 17.7. The van der Waals surface area contributed by atoms with Crippen molar-refractivity contribution in [2.45, 2.75) is 70.1 Å². The van der Waals surface area contributed by atoms with Gasteiger partial charge in [0, 0.05) is 18.4 Å². The molecule has 0 N–H and O–H groups in total. The molecule has 2 unspecified atom stereocenters. The molecule has 8 rings (SSSR count). The molecule has 2 heteroatoms. The minimum absolute atomic E-state index is 0.0178. The molecule has 5 atom stereocenters. The third-order valence-electron chi connectivity index (χ3n) is 9.56. The van der Waals surface area contributed by atoms with Crippen LogP contribution in [-0.4, -0.2) is 30.3 Å². The smallest absolute Gasteiger partial charge is 0.139 e. The number of ketones is 1. The van der Waals surface area contributed by atoms with Crippen LogP contribution in [0.25, 0.3) is 0 Å². The zero-order chi connectivity index (χ0) is 19.0. The molecule has 2 nitrogen and oxygen atoms in total. The molecule has 28 heavy (non-hydrogen) atoms. The molecule has 3 heterocycles. The first-order chi connectivity index (χ1) is 13.5. The number of nitrogens with zero attached hydrogens (tertiary/aromatic N) is 1. The Morgan fingerprint density at radius 2 is 1.82 bits per heavy atom. The van der Waals surface area contributed by atoms with Crippen molar-refractivity contribution in [2.75, 3.05) is 19.6 Å². The Balaban J connectivity index is 1.31.